The number of fused-ring (bicyclic) bond motifs is 1. The largest absolute Gasteiger partial charge is 0.326 e. The van der Waals surface area contributed by atoms with Crippen molar-refractivity contribution in [1.82, 2.24) is 34.8 Å². The number of carbonyl (C=O) groups is 1. The molecule has 0 bridgehead atoms. The van der Waals surface area contributed by atoms with Gasteiger partial charge >= 0.3 is 0 Å². The van der Waals surface area contributed by atoms with E-state index in [1.54, 1.807) is 24.3 Å². The summed E-state index contributed by atoms with van der Waals surface area (Å²) in [6.45, 7) is 1.43. The highest BCUT2D eigenvalue weighted by atomic mass is 32.2. The lowest BCUT2D eigenvalue weighted by Crippen LogP contribution is -2.15. The topological polar surface area (TPSA) is 147 Å². The van der Waals surface area contributed by atoms with E-state index >= 15 is 0 Å². The molecule has 144 valence electrons. The van der Waals surface area contributed by atoms with E-state index in [2.05, 4.69) is 30.9 Å². The number of tetrazole rings is 1. The summed E-state index contributed by atoms with van der Waals surface area (Å²) in [5, 5.41) is 26.8. The Kier molecular flexibility index (Phi) is 4.80. The minimum absolute atomic E-state index is 0.178. The molecule has 0 radical (unpaired) electrons. The molecule has 0 aliphatic carbocycles. The number of amides is 1. The molecule has 0 fully saturated rings. The van der Waals surface area contributed by atoms with Crippen molar-refractivity contribution in [2.24, 2.45) is 0 Å². The normalized spacial score (nSPS) is 10.8. The predicted molar refractivity (Wildman–Crippen MR) is 104 cm³/mol. The zero-order valence-corrected chi connectivity index (χ0v) is 15.8. The summed E-state index contributed by atoms with van der Waals surface area (Å²) in [5.41, 5.74) is 2.04. The summed E-state index contributed by atoms with van der Waals surface area (Å²) in [6.07, 6.45) is 1.43. The molecule has 0 saturated heterocycles. The van der Waals surface area contributed by atoms with Gasteiger partial charge in [-0.15, -0.1) is 5.10 Å². The van der Waals surface area contributed by atoms with Gasteiger partial charge in [0.2, 0.25) is 11.1 Å². The average molecular weight is 407 g/mol. The average Bonchev–Trinajstić information content (AvgIpc) is 3.33. The highest BCUT2D eigenvalue weighted by Crippen LogP contribution is 2.23. The van der Waals surface area contributed by atoms with E-state index in [-0.39, 0.29) is 22.7 Å². The number of H-pyrrole nitrogens is 1. The summed E-state index contributed by atoms with van der Waals surface area (Å²) >= 11 is 1.29. The summed E-state index contributed by atoms with van der Waals surface area (Å²) < 4.78 is 2.74. The Labute approximate surface area is 167 Å². The first-order valence-electron chi connectivity index (χ1n) is 8.34. The molecule has 4 aromatic rings. The Morgan fingerprint density at radius 1 is 1.38 bits per heavy atom. The molecule has 4 rings (SSSR count). The number of hydrogen-bond donors (Lipinski definition) is 2. The predicted octanol–water partition coefficient (Wildman–Crippen LogP) is 1.12. The van der Waals surface area contributed by atoms with Crippen LogP contribution in [0.2, 0.25) is 0 Å². The van der Waals surface area contributed by atoms with Gasteiger partial charge in [-0.1, -0.05) is 17.8 Å². The Bertz CT molecular complexity index is 1310. The van der Waals surface area contributed by atoms with E-state index in [1.807, 2.05) is 6.07 Å². The summed E-state index contributed by atoms with van der Waals surface area (Å²) in [6, 6.07) is 10.5. The molecule has 1 aromatic carbocycles. The van der Waals surface area contributed by atoms with Crippen molar-refractivity contribution in [2.75, 3.05) is 5.32 Å². The Balaban J connectivity index is 1.59. The lowest BCUT2D eigenvalue weighted by molar-refractivity contribution is -0.114. The molecular formula is C17H13N9O2S. The quantitative estimate of drug-likeness (QED) is 0.468. The van der Waals surface area contributed by atoms with Crippen molar-refractivity contribution in [3.05, 3.63) is 58.1 Å². The van der Waals surface area contributed by atoms with Crippen LogP contribution < -0.4 is 10.9 Å². The Morgan fingerprint density at radius 2 is 2.24 bits per heavy atom. The smallest absolute Gasteiger partial charge is 0.272 e. The van der Waals surface area contributed by atoms with Crippen LogP contribution in [0.4, 0.5) is 5.69 Å². The third kappa shape index (κ3) is 3.71. The zero-order chi connectivity index (χ0) is 20.4. The highest BCUT2D eigenvalue weighted by Gasteiger charge is 2.13. The first-order valence-corrected chi connectivity index (χ1v) is 9.33. The van der Waals surface area contributed by atoms with E-state index in [0.717, 1.165) is 0 Å². The van der Waals surface area contributed by atoms with Crippen molar-refractivity contribution in [2.45, 2.75) is 17.8 Å². The standard InChI is InChI=1S/C17H13N9O2S/c1-10(27)20-12-3-2-4-14(5-12)25-17(22-23-24-25)29-9-13-6-15(28)26-16(21-13)11(7-18)8-19-26/h2-6,8,19H,9H2,1H3,(H,20,27). The number of rotatable bonds is 5. The van der Waals surface area contributed by atoms with Crippen LogP contribution >= 0.6 is 11.8 Å². The van der Waals surface area contributed by atoms with Crippen molar-refractivity contribution in [3.63, 3.8) is 0 Å². The van der Waals surface area contributed by atoms with Crippen molar-refractivity contribution >= 4 is 29.0 Å². The van der Waals surface area contributed by atoms with Crippen molar-refractivity contribution in [1.29, 1.82) is 5.26 Å². The van der Waals surface area contributed by atoms with Crippen molar-refractivity contribution in [3.8, 4) is 11.8 Å². The maximum Gasteiger partial charge on any atom is 0.272 e. The molecular weight excluding hydrogens is 394 g/mol. The van der Waals surface area contributed by atoms with Crippen LogP contribution in [-0.2, 0) is 10.5 Å². The fraction of sp³-hybridized carbons (Fsp3) is 0.118. The van der Waals surface area contributed by atoms with Crippen LogP contribution in [0.15, 0.2) is 46.5 Å². The maximum absolute atomic E-state index is 12.2. The summed E-state index contributed by atoms with van der Waals surface area (Å²) in [5.74, 6) is 0.149. The molecule has 0 spiro atoms. The highest BCUT2D eigenvalue weighted by molar-refractivity contribution is 7.98. The van der Waals surface area contributed by atoms with Gasteiger partial charge in [0, 0.05) is 30.6 Å². The van der Waals surface area contributed by atoms with Gasteiger partial charge < -0.3 is 5.32 Å². The van der Waals surface area contributed by atoms with E-state index < -0.39 is 0 Å². The molecule has 0 unspecified atom stereocenters. The van der Waals surface area contributed by atoms with Gasteiger partial charge in [0.15, 0.2) is 5.65 Å². The monoisotopic (exact) mass is 407 g/mol. The number of carbonyl (C=O) groups excluding carboxylic acids is 1. The van der Waals surface area contributed by atoms with Gasteiger partial charge in [0.05, 0.1) is 11.4 Å². The first kappa shape index (κ1) is 18.4. The van der Waals surface area contributed by atoms with Crippen LogP contribution in [0.1, 0.15) is 18.2 Å². The molecule has 3 heterocycles. The third-order valence-corrected chi connectivity index (χ3v) is 4.83. The number of thioether (sulfide) groups is 1. The van der Waals surface area contributed by atoms with Crippen LogP contribution in [-0.4, -0.2) is 40.7 Å². The number of aromatic nitrogens is 7. The molecule has 11 nitrogen and oxygen atoms in total. The first-order chi connectivity index (χ1) is 14.0. The molecule has 29 heavy (non-hydrogen) atoms. The lowest BCUT2D eigenvalue weighted by Gasteiger charge is -2.07. The third-order valence-electron chi connectivity index (χ3n) is 3.87. The second-order valence-corrected chi connectivity index (χ2v) is 6.88. The minimum atomic E-state index is -0.310. The second-order valence-electron chi connectivity index (χ2n) is 5.94. The molecule has 2 N–H and O–H groups in total. The maximum atomic E-state index is 12.2. The zero-order valence-electron chi connectivity index (χ0n) is 15.0. The lowest BCUT2D eigenvalue weighted by atomic mass is 10.3. The molecule has 1 amide bonds. The number of nitriles is 1. The number of nitrogens with zero attached hydrogens (tertiary/aromatic N) is 7. The fourth-order valence-corrected chi connectivity index (χ4v) is 3.46. The van der Waals surface area contributed by atoms with E-state index in [0.29, 0.717) is 28.0 Å². The molecule has 0 aliphatic rings. The Morgan fingerprint density at radius 3 is 3.03 bits per heavy atom. The van der Waals surface area contributed by atoms with Gasteiger partial charge in [-0.2, -0.15) is 9.94 Å². The van der Waals surface area contributed by atoms with Gasteiger partial charge in [0.1, 0.15) is 11.6 Å². The molecule has 3 aromatic heterocycles. The summed E-state index contributed by atoms with van der Waals surface area (Å²) in [4.78, 5) is 27.8. The molecule has 0 aliphatic heterocycles. The minimum Gasteiger partial charge on any atom is -0.326 e. The Hall–Kier alpha value is -3.98. The van der Waals surface area contributed by atoms with Gasteiger partial charge in [0.25, 0.3) is 5.56 Å². The van der Waals surface area contributed by atoms with Crippen LogP contribution in [0.3, 0.4) is 0 Å². The SMILES string of the molecule is CC(=O)Nc1cccc(-n2nnnc2SCc2cc(=O)n3[nH]cc(C#N)c3n2)c1. The van der Waals surface area contributed by atoms with Crippen LogP contribution in [0, 0.1) is 11.3 Å². The van der Waals surface area contributed by atoms with Gasteiger partial charge in [-0.25, -0.2) is 9.50 Å². The van der Waals surface area contributed by atoms with Crippen LogP contribution in [0.25, 0.3) is 11.3 Å². The number of anilines is 1. The number of benzene rings is 1. The second kappa shape index (κ2) is 7.56. The van der Waals surface area contributed by atoms with Gasteiger partial charge in [-0.05, 0) is 28.6 Å². The van der Waals surface area contributed by atoms with E-state index in [1.165, 1.54) is 40.1 Å². The van der Waals surface area contributed by atoms with Crippen molar-refractivity contribution < 1.29 is 4.79 Å². The number of nitrogens with one attached hydrogen (secondary N) is 2. The number of hydrogen-bond acceptors (Lipinski definition) is 8. The molecule has 12 heteroatoms. The van der Waals surface area contributed by atoms with Gasteiger partial charge in [-0.3, -0.25) is 14.7 Å². The summed E-state index contributed by atoms with van der Waals surface area (Å²) in [7, 11) is 0. The van der Waals surface area contributed by atoms with E-state index in [4.69, 9.17) is 5.26 Å². The molecule has 0 atom stereocenters. The molecule has 0 saturated carbocycles. The number of aromatic amines is 1. The van der Waals surface area contributed by atoms with E-state index in [9.17, 15) is 9.59 Å². The van der Waals surface area contributed by atoms with Crippen LogP contribution in [0.5, 0.6) is 0 Å². The fourth-order valence-electron chi connectivity index (χ4n) is 2.67.